The van der Waals surface area contributed by atoms with E-state index >= 15 is 0 Å². The summed E-state index contributed by atoms with van der Waals surface area (Å²) in [6, 6.07) is 13.2. The molecule has 0 aliphatic rings. The van der Waals surface area contributed by atoms with Crippen LogP contribution < -0.4 is 5.32 Å². The second-order valence-electron chi connectivity index (χ2n) is 4.84. The smallest absolute Gasteiger partial charge is 0.252 e. The fourth-order valence-corrected chi connectivity index (χ4v) is 3.37. The lowest BCUT2D eigenvalue weighted by Gasteiger charge is -2.05. The predicted molar refractivity (Wildman–Crippen MR) is 95.5 cm³/mol. The van der Waals surface area contributed by atoms with E-state index in [2.05, 4.69) is 31.2 Å². The molecular weight excluding hydrogens is 374 g/mol. The molecule has 0 spiro atoms. The number of thiazole rings is 1. The quantitative estimate of drug-likeness (QED) is 0.721. The summed E-state index contributed by atoms with van der Waals surface area (Å²) in [6.07, 6.45) is 2.45. The zero-order valence-electron chi connectivity index (χ0n) is 12.2. The number of hydrogen-bond acceptors (Lipinski definition) is 4. The second kappa shape index (κ2) is 7.48. The molecule has 116 valence electrons. The van der Waals surface area contributed by atoms with Crippen molar-refractivity contribution in [1.29, 1.82) is 0 Å². The molecule has 0 saturated heterocycles. The lowest BCUT2D eigenvalue weighted by molar-refractivity contribution is 0.0953. The molecule has 0 aliphatic carbocycles. The predicted octanol–water partition coefficient (Wildman–Crippen LogP) is 3.94. The van der Waals surface area contributed by atoms with Crippen molar-refractivity contribution in [3.8, 4) is 10.7 Å². The first kappa shape index (κ1) is 15.8. The van der Waals surface area contributed by atoms with Gasteiger partial charge >= 0.3 is 0 Å². The number of benzene rings is 1. The minimum absolute atomic E-state index is 0.0855. The summed E-state index contributed by atoms with van der Waals surface area (Å²) in [5.41, 5.74) is 2.48. The van der Waals surface area contributed by atoms with Gasteiger partial charge in [0.05, 0.1) is 17.0 Å². The van der Waals surface area contributed by atoms with Crippen molar-refractivity contribution >= 4 is 33.2 Å². The second-order valence-corrected chi connectivity index (χ2v) is 6.56. The van der Waals surface area contributed by atoms with Crippen LogP contribution in [0.25, 0.3) is 10.7 Å². The minimum atomic E-state index is -0.0855. The number of nitrogens with one attached hydrogen (secondary N) is 1. The number of carbonyl (C=O) groups excluding carboxylic acids is 1. The van der Waals surface area contributed by atoms with Crippen LogP contribution in [0.2, 0.25) is 0 Å². The first-order valence-electron chi connectivity index (χ1n) is 7.12. The highest BCUT2D eigenvalue weighted by Gasteiger charge is 2.09. The van der Waals surface area contributed by atoms with E-state index in [4.69, 9.17) is 0 Å². The Morgan fingerprint density at radius 3 is 2.78 bits per heavy atom. The van der Waals surface area contributed by atoms with Gasteiger partial charge in [0.2, 0.25) is 0 Å². The molecule has 0 unspecified atom stereocenters. The van der Waals surface area contributed by atoms with Crippen LogP contribution in [-0.4, -0.2) is 22.4 Å². The van der Waals surface area contributed by atoms with Crippen molar-refractivity contribution in [2.45, 2.75) is 6.42 Å². The van der Waals surface area contributed by atoms with E-state index < -0.39 is 0 Å². The summed E-state index contributed by atoms with van der Waals surface area (Å²) in [5, 5.41) is 5.83. The molecule has 0 atom stereocenters. The Kier molecular flexibility index (Phi) is 5.15. The zero-order chi connectivity index (χ0) is 16.1. The molecule has 3 rings (SSSR count). The Morgan fingerprint density at radius 1 is 1.17 bits per heavy atom. The molecule has 1 N–H and O–H groups in total. The van der Waals surface area contributed by atoms with Gasteiger partial charge in [-0.05, 0) is 40.2 Å². The fraction of sp³-hybridized carbons (Fsp3) is 0.118. The molecule has 3 aromatic rings. The van der Waals surface area contributed by atoms with Gasteiger partial charge in [0.1, 0.15) is 5.01 Å². The maximum atomic E-state index is 12.1. The van der Waals surface area contributed by atoms with E-state index in [0.29, 0.717) is 18.5 Å². The summed E-state index contributed by atoms with van der Waals surface area (Å²) in [7, 11) is 0. The lowest BCUT2D eigenvalue weighted by atomic mass is 10.2. The average molecular weight is 388 g/mol. The normalized spacial score (nSPS) is 10.5. The highest BCUT2D eigenvalue weighted by Crippen LogP contribution is 2.21. The van der Waals surface area contributed by atoms with Gasteiger partial charge in [0, 0.05) is 29.0 Å². The third-order valence-corrected chi connectivity index (χ3v) is 4.83. The first-order chi connectivity index (χ1) is 11.2. The van der Waals surface area contributed by atoms with Crippen LogP contribution in [0.4, 0.5) is 0 Å². The molecule has 0 aliphatic heterocycles. The van der Waals surface area contributed by atoms with Crippen molar-refractivity contribution in [2.75, 3.05) is 6.54 Å². The van der Waals surface area contributed by atoms with Gasteiger partial charge in [-0.15, -0.1) is 11.3 Å². The summed E-state index contributed by atoms with van der Waals surface area (Å²) in [6.45, 7) is 0.547. The number of nitrogens with zero attached hydrogens (tertiary/aromatic N) is 2. The molecule has 1 amide bonds. The SMILES string of the molecule is O=C(NCCc1csc(-c2ccccn2)n1)c1ccccc1Br. The van der Waals surface area contributed by atoms with Crippen LogP contribution in [0, 0.1) is 0 Å². The molecule has 1 aromatic carbocycles. The molecule has 4 nitrogen and oxygen atoms in total. The molecule has 2 heterocycles. The van der Waals surface area contributed by atoms with E-state index in [0.717, 1.165) is 20.9 Å². The molecular formula is C17H14BrN3OS. The monoisotopic (exact) mass is 387 g/mol. The Morgan fingerprint density at radius 2 is 2.00 bits per heavy atom. The third-order valence-electron chi connectivity index (χ3n) is 3.22. The van der Waals surface area contributed by atoms with Crippen LogP contribution in [0.15, 0.2) is 58.5 Å². The summed E-state index contributed by atoms with van der Waals surface area (Å²) in [5.74, 6) is -0.0855. The van der Waals surface area contributed by atoms with E-state index in [9.17, 15) is 4.79 Å². The van der Waals surface area contributed by atoms with Gasteiger partial charge in [0.25, 0.3) is 5.91 Å². The topological polar surface area (TPSA) is 54.9 Å². The molecule has 0 bridgehead atoms. The minimum Gasteiger partial charge on any atom is -0.352 e. The van der Waals surface area contributed by atoms with Crippen LogP contribution >= 0.6 is 27.3 Å². The fourth-order valence-electron chi connectivity index (χ4n) is 2.07. The Hall–Kier alpha value is -2.05. The number of pyridine rings is 1. The van der Waals surface area contributed by atoms with Crippen molar-refractivity contribution in [3.63, 3.8) is 0 Å². The van der Waals surface area contributed by atoms with Gasteiger partial charge in [0.15, 0.2) is 0 Å². The van der Waals surface area contributed by atoms with Crippen molar-refractivity contribution in [2.24, 2.45) is 0 Å². The van der Waals surface area contributed by atoms with Gasteiger partial charge in [-0.2, -0.15) is 0 Å². The molecule has 0 radical (unpaired) electrons. The van der Waals surface area contributed by atoms with E-state index in [1.54, 1.807) is 23.6 Å². The Labute approximate surface area is 146 Å². The molecule has 23 heavy (non-hydrogen) atoms. The maximum Gasteiger partial charge on any atom is 0.252 e. The van der Waals surface area contributed by atoms with E-state index in [1.165, 1.54) is 0 Å². The van der Waals surface area contributed by atoms with Crippen LogP contribution in [0.3, 0.4) is 0 Å². The van der Waals surface area contributed by atoms with Gasteiger partial charge in [-0.1, -0.05) is 18.2 Å². The molecule has 0 fully saturated rings. The number of aromatic nitrogens is 2. The summed E-state index contributed by atoms with van der Waals surface area (Å²) >= 11 is 4.95. The summed E-state index contributed by atoms with van der Waals surface area (Å²) in [4.78, 5) is 21.0. The Balaban J connectivity index is 1.56. The lowest BCUT2D eigenvalue weighted by Crippen LogP contribution is -2.26. The van der Waals surface area contributed by atoms with Crippen LogP contribution in [0.5, 0.6) is 0 Å². The number of carbonyl (C=O) groups is 1. The average Bonchev–Trinajstić information content (AvgIpc) is 3.05. The largest absolute Gasteiger partial charge is 0.352 e. The van der Waals surface area contributed by atoms with Gasteiger partial charge in [-0.3, -0.25) is 9.78 Å². The number of hydrogen-bond donors (Lipinski definition) is 1. The van der Waals surface area contributed by atoms with E-state index in [-0.39, 0.29) is 5.91 Å². The van der Waals surface area contributed by atoms with E-state index in [1.807, 2.05) is 41.8 Å². The van der Waals surface area contributed by atoms with Gasteiger partial charge in [-0.25, -0.2) is 4.98 Å². The van der Waals surface area contributed by atoms with Crippen LogP contribution in [-0.2, 0) is 6.42 Å². The van der Waals surface area contributed by atoms with Crippen LogP contribution in [0.1, 0.15) is 16.1 Å². The standard InChI is InChI=1S/C17H14BrN3OS/c18-14-6-2-1-5-13(14)16(22)20-10-8-12-11-23-17(21-12)15-7-3-4-9-19-15/h1-7,9,11H,8,10H2,(H,20,22). The van der Waals surface area contributed by atoms with Gasteiger partial charge < -0.3 is 5.32 Å². The van der Waals surface area contributed by atoms with Crippen molar-refractivity contribution in [3.05, 3.63) is 69.8 Å². The highest BCUT2D eigenvalue weighted by atomic mass is 79.9. The highest BCUT2D eigenvalue weighted by molar-refractivity contribution is 9.10. The number of rotatable bonds is 5. The molecule has 0 saturated carbocycles. The Bertz CT molecular complexity index is 804. The molecule has 6 heteroatoms. The van der Waals surface area contributed by atoms with Crippen molar-refractivity contribution < 1.29 is 4.79 Å². The maximum absolute atomic E-state index is 12.1. The zero-order valence-corrected chi connectivity index (χ0v) is 14.6. The first-order valence-corrected chi connectivity index (χ1v) is 8.80. The number of amides is 1. The summed E-state index contributed by atoms with van der Waals surface area (Å²) < 4.78 is 0.795. The molecule has 2 aromatic heterocycles. The third kappa shape index (κ3) is 4.03. The van der Waals surface area contributed by atoms with Crippen molar-refractivity contribution in [1.82, 2.24) is 15.3 Å². The number of halogens is 1.